The average molecular weight is 326 g/mol. The second-order valence-corrected chi connectivity index (χ2v) is 5.13. The fourth-order valence-electron chi connectivity index (χ4n) is 1.76. The molecule has 1 N–H and O–H groups in total. The van der Waals surface area contributed by atoms with Gasteiger partial charge in [0.2, 0.25) is 5.91 Å². The van der Waals surface area contributed by atoms with Crippen LogP contribution in [-0.4, -0.2) is 29.0 Å². The third-order valence-corrected chi connectivity index (χ3v) is 3.15. The topological polar surface area (TPSA) is 55.6 Å². The molecule has 5 nitrogen and oxygen atoms in total. The quantitative estimate of drug-likeness (QED) is 0.828. The molecule has 2 heterocycles. The van der Waals surface area contributed by atoms with Crippen LogP contribution < -0.4 is 5.32 Å². The molecule has 0 spiro atoms. The third-order valence-electron chi connectivity index (χ3n) is 2.68. The highest BCUT2D eigenvalue weighted by Crippen LogP contribution is 2.12. The molecule has 19 heavy (non-hydrogen) atoms. The normalized spacial score (nSPS) is 10.8. The number of nitrogens with zero attached hydrogens (tertiary/aromatic N) is 2. The molecule has 0 aliphatic rings. The first-order valence-electron chi connectivity index (χ1n) is 6.08. The Balaban J connectivity index is 1.89. The van der Waals surface area contributed by atoms with Gasteiger partial charge in [-0.15, -0.1) is 0 Å². The lowest BCUT2D eigenvalue weighted by molar-refractivity contribution is -0.121. The van der Waals surface area contributed by atoms with Gasteiger partial charge in [-0.1, -0.05) is 0 Å². The number of rotatable bonds is 6. The van der Waals surface area contributed by atoms with Crippen LogP contribution in [0.25, 0.3) is 5.65 Å². The molecule has 0 aromatic carbocycles. The van der Waals surface area contributed by atoms with Crippen molar-refractivity contribution < 1.29 is 9.53 Å². The van der Waals surface area contributed by atoms with Crippen molar-refractivity contribution in [1.82, 2.24) is 14.7 Å². The predicted octanol–water partition coefficient (Wildman–Crippen LogP) is 2.14. The molecule has 0 fully saturated rings. The first-order valence-corrected chi connectivity index (χ1v) is 6.87. The van der Waals surface area contributed by atoms with Crippen LogP contribution in [0.4, 0.5) is 0 Å². The van der Waals surface area contributed by atoms with Gasteiger partial charge in [-0.3, -0.25) is 4.79 Å². The maximum atomic E-state index is 11.6. The number of fused-ring (bicyclic) bond motifs is 1. The van der Waals surface area contributed by atoms with Gasteiger partial charge in [0.1, 0.15) is 5.65 Å². The average Bonchev–Trinajstić information content (AvgIpc) is 2.78. The van der Waals surface area contributed by atoms with Crippen LogP contribution in [-0.2, 0) is 16.1 Å². The van der Waals surface area contributed by atoms with Crippen molar-refractivity contribution in [2.24, 2.45) is 0 Å². The first kappa shape index (κ1) is 14.0. The van der Waals surface area contributed by atoms with E-state index in [-0.39, 0.29) is 5.91 Å². The highest BCUT2D eigenvalue weighted by atomic mass is 79.9. The molecule has 0 radical (unpaired) electrons. The van der Waals surface area contributed by atoms with Crippen molar-refractivity contribution in [3.63, 3.8) is 0 Å². The summed E-state index contributed by atoms with van der Waals surface area (Å²) in [4.78, 5) is 16.0. The molecule has 0 saturated carbocycles. The Kier molecular flexibility index (Phi) is 4.93. The SMILES string of the molecule is COCCCC(=O)NCc1cn2cc(Br)ccc2n1. The van der Waals surface area contributed by atoms with Crippen LogP contribution in [0.2, 0.25) is 0 Å². The number of imidazole rings is 1. The van der Waals surface area contributed by atoms with Crippen LogP contribution >= 0.6 is 15.9 Å². The summed E-state index contributed by atoms with van der Waals surface area (Å²) in [7, 11) is 1.63. The Morgan fingerprint density at radius 2 is 2.32 bits per heavy atom. The van der Waals surface area contributed by atoms with Crippen LogP contribution in [0.1, 0.15) is 18.5 Å². The summed E-state index contributed by atoms with van der Waals surface area (Å²) in [6.07, 6.45) is 5.06. The smallest absolute Gasteiger partial charge is 0.220 e. The van der Waals surface area contributed by atoms with Crippen LogP contribution in [0.15, 0.2) is 29.0 Å². The highest BCUT2D eigenvalue weighted by molar-refractivity contribution is 9.10. The van der Waals surface area contributed by atoms with E-state index in [1.165, 1.54) is 0 Å². The van der Waals surface area contributed by atoms with Gasteiger partial charge in [0.25, 0.3) is 0 Å². The molecule has 0 saturated heterocycles. The zero-order valence-corrected chi connectivity index (χ0v) is 12.3. The number of carbonyl (C=O) groups excluding carboxylic acids is 1. The van der Waals surface area contributed by atoms with Crippen molar-refractivity contribution in [1.29, 1.82) is 0 Å². The van der Waals surface area contributed by atoms with Gasteiger partial charge in [-0.05, 0) is 34.5 Å². The Bertz CT molecular complexity index is 568. The van der Waals surface area contributed by atoms with Gasteiger partial charge in [0, 0.05) is 37.0 Å². The minimum atomic E-state index is 0.0234. The van der Waals surface area contributed by atoms with Crippen molar-refractivity contribution in [3.05, 3.63) is 34.7 Å². The summed E-state index contributed by atoms with van der Waals surface area (Å²) in [6, 6.07) is 3.86. The monoisotopic (exact) mass is 325 g/mol. The summed E-state index contributed by atoms with van der Waals surface area (Å²) in [5.41, 5.74) is 1.71. The number of amides is 1. The Hall–Kier alpha value is -1.40. The van der Waals surface area contributed by atoms with E-state index in [0.717, 1.165) is 22.2 Å². The van der Waals surface area contributed by atoms with E-state index < -0.39 is 0 Å². The molecule has 2 aromatic rings. The Morgan fingerprint density at radius 1 is 1.47 bits per heavy atom. The molecular formula is C13H16BrN3O2. The zero-order valence-electron chi connectivity index (χ0n) is 10.7. The van der Waals surface area contributed by atoms with Crippen LogP contribution in [0.5, 0.6) is 0 Å². The number of ether oxygens (including phenoxy) is 1. The summed E-state index contributed by atoms with van der Waals surface area (Å²) >= 11 is 3.41. The number of hydrogen-bond acceptors (Lipinski definition) is 3. The number of halogens is 1. The lowest BCUT2D eigenvalue weighted by Crippen LogP contribution is -2.22. The maximum absolute atomic E-state index is 11.6. The number of nitrogens with one attached hydrogen (secondary N) is 1. The maximum Gasteiger partial charge on any atom is 0.220 e. The van der Waals surface area contributed by atoms with E-state index in [2.05, 4.69) is 26.2 Å². The summed E-state index contributed by atoms with van der Waals surface area (Å²) < 4.78 is 7.83. The van der Waals surface area contributed by atoms with Gasteiger partial charge < -0.3 is 14.5 Å². The highest BCUT2D eigenvalue weighted by Gasteiger charge is 2.04. The van der Waals surface area contributed by atoms with E-state index >= 15 is 0 Å². The number of aromatic nitrogens is 2. The van der Waals surface area contributed by atoms with E-state index in [4.69, 9.17) is 4.74 Å². The van der Waals surface area contributed by atoms with Crippen molar-refractivity contribution >= 4 is 27.5 Å². The van der Waals surface area contributed by atoms with Gasteiger partial charge in [-0.2, -0.15) is 0 Å². The van der Waals surface area contributed by atoms with Gasteiger partial charge in [0.15, 0.2) is 0 Å². The summed E-state index contributed by atoms with van der Waals surface area (Å²) in [6.45, 7) is 1.06. The second-order valence-electron chi connectivity index (χ2n) is 4.22. The zero-order chi connectivity index (χ0) is 13.7. The molecule has 0 aliphatic heterocycles. The van der Waals surface area contributed by atoms with Gasteiger partial charge in [-0.25, -0.2) is 4.98 Å². The van der Waals surface area contributed by atoms with Gasteiger partial charge >= 0.3 is 0 Å². The molecule has 0 atom stereocenters. The number of hydrogen-bond donors (Lipinski definition) is 1. The van der Waals surface area contributed by atoms with E-state index in [1.54, 1.807) is 7.11 Å². The van der Waals surface area contributed by atoms with E-state index in [9.17, 15) is 4.79 Å². The molecule has 102 valence electrons. The fraction of sp³-hybridized carbons (Fsp3) is 0.385. The largest absolute Gasteiger partial charge is 0.385 e. The molecule has 1 amide bonds. The standard InChI is InChI=1S/C13H16BrN3O2/c1-19-6-2-3-13(18)15-7-11-9-17-8-10(14)4-5-12(17)16-11/h4-5,8-9H,2-3,6-7H2,1H3,(H,15,18). The first-order chi connectivity index (χ1) is 9.19. The number of pyridine rings is 1. The molecule has 0 aliphatic carbocycles. The summed E-state index contributed by atoms with van der Waals surface area (Å²) in [5.74, 6) is 0.0234. The Morgan fingerprint density at radius 3 is 3.11 bits per heavy atom. The molecule has 0 bridgehead atoms. The van der Waals surface area contributed by atoms with Crippen molar-refractivity contribution in [2.75, 3.05) is 13.7 Å². The minimum Gasteiger partial charge on any atom is -0.385 e. The molecule has 6 heteroatoms. The molecular weight excluding hydrogens is 310 g/mol. The fourth-order valence-corrected chi connectivity index (χ4v) is 2.11. The lowest BCUT2D eigenvalue weighted by Gasteiger charge is -2.02. The Labute approximate surface area is 120 Å². The van der Waals surface area contributed by atoms with Crippen molar-refractivity contribution in [3.8, 4) is 0 Å². The molecule has 2 rings (SSSR count). The third kappa shape index (κ3) is 4.04. The van der Waals surface area contributed by atoms with Crippen molar-refractivity contribution in [2.45, 2.75) is 19.4 Å². The van der Waals surface area contributed by atoms with Gasteiger partial charge in [0.05, 0.1) is 12.2 Å². The molecule has 2 aromatic heterocycles. The van der Waals surface area contributed by atoms with E-state index in [0.29, 0.717) is 19.6 Å². The predicted molar refractivity (Wildman–Crippen MR) is 75.8 cm³/mol. The van der Waals surface area contributed by atoms with Crippen LogP contribution in [0, 0.1) is 0 Å². The summed E-state index contributed by atoms with van der Waals surface area (Å²) in [5, 5.41) is 2.85. The van der Waals surface area contributed by atoms with E-state index in [1.807, 2.05) is 28.9 Å². The number of methoxy groups -OCH3 is 1. The minimum absolute atomic E-state index is 0.0234. The molecule has 0 unspecified atom stereocenters. The lowest BCUT2D eigenvalue weighted by atomic mass is 10.3. The number of carbonyl (C=O) groups is 1. The van der Waals surface area contributed by atoms with Crippen LogP contribution in [0.3, 0.4) is 0 Å². The second kappa shape index (κ2) is 6.68.